The molecular weight excluding hydrogens is 544 g/mol. The summed E-state index contributed by atoms with van der Waals surface area (Å²) < 4.78 is 43.3. The Bertz CT molecular complexity index is 1380. The standard InChI is InChI=1S/C26H23Cl2F3N4O3/c1-38-25(37)19-8-9-21(17-6-4-15(27)12-20(17)28)34-24(19)35-10-2-3-14(13-35)11-16-5-7-18(23(32)33-16)22(36)26(29,30)31/h4-9,12,14H,2-3,10-11,13H2,1H3,(H2,32,33). The van der Waals surface area contributed by atoms with Gasteiger partial charge in [0, 0.05) is 29.4 Å². The lowest BCUT2D eigenvalue weighted by molar-refractivity contribution is -0.0884. The fourth-order valence-corrected chi connectivity index (χ4v) is 5.01. The zero-order valence-corrected chi connectivity index (χ0v) is 21.7. The van der Waals surface area contributed by atoms with E-state index in [4.69, 9.17) is 38.7 Å². The van der Waals surface area contributed by atoms with E-state index < -0.39 is 29.3 Å². The number of esters is 1. The van der Waals surface area contributed by atoms with Crippen molar-refractivity contribution in [3.05, 3.63) is 69.3 Å². The third kappa shape index (κ3) is 6.02. The Labute approximate surface area is 226 Å². The van der Waals surface area contributed by atoms with Crippen molar-refractivity contribution in [1.82, 2.24) is 9.97 Å². The van der Waals surface area contributed by atoms with Crippen molar-refractivity contribution in [3.8, 4) is 11.3 Å². The molecule has 0 bridgehead atoms. The first-order valence-electron chi connectivity index (χ1n) is 11.6. The van der Waals surface area contributed by atoms with Crippen LogP contribution in [-0.4, -0.2) is 48.1 Å². The molecule has 1 unspecified atom stereocenters. The van der Waals surface area contributed by atoms with Crippen LogP contribution in [0.4, 0.5) is 24.8 Å². The van der Waals surface area contributed by atoms with Crippen molar-refractivity contribution in [1.29, 1.82) is 0 Å². The third-order valence-electron chi connectivity index (χ3n) is 6.29. The number of rotatable bonds is 6. The van der Waals surface area contributed by atoms with Gasteiger partial charge in [-0.15, -0.1) is 0 Å². The molecule has 2 aromatic heterocycles. The lowest BCUT2D eigenvalue weighted by Gasteiger charge is -2.34. The summed E-state index contributed by atoms with van der Waals surface area (Å²) in [5.74, 6) is -2.55. The molecule has 3 heterocycles. The van der Waals surface area contributed by atoms with Gasteiger partial charge < -0.3 is 15.4 Å². The van der Waals surface area contributed by atoms with E-state index in [1.54, 1.807) is 30.3 Å². The number of Topliss-reactive ketones (excluding diaryl/α,β-unsaturated/α-hetero) is 1. The van der Waals surface area contributed by atoms with Crippen LogP contribution >= 0.6 is 23.2 Å². The Morgan fingerprint density at radius 1 is 1.11 bits per heavy atom. The zero-order valence-electron chi connectivity index (χ0n) is 20.2. The highest BCUT2D eigenvalue weighted by molar-refractivity contribution is 6.36. The summed E-state index contributed by atoms with van der Waals surface area (Å²) in [5.41, 5.74) is 6.97. The van der Waals surface area contributed by atoms with Gasteiger partial charge in [0.2, 0.25) is 0 Å². The van der Waals surface area contributed by atoms with Gasteiger partial charge in [0.05, 0.1) is 23.4 Å². The molecule has 2 N–H and O–H groups in total. The first-order chi connectivity index (χ1) is 18.0. The van der Waals surface area contributed by atoms with Gasteiger partial charge in [0.25, 0.3) is 5.78 Å². The third-order valence-corrected chi connectivity index (χ3v) is 6.84. The number of ether oxygens (including phenoxy) is 1. The summed E-state index contributed by atoms with van der Waals surface area (Å²) in [6, 6.07) is 10.8. The second-order valence-corrected chi connectivity index (χ2v) is 9.75. The normalized spacial score (nSPS) is 15.8. The highest BCUT2D eigenvalue weighted by atomic mass is 35.5. The minimum atomic E-state index is -5.03. The van der Waals surface area contributed by atoms with Crippen LogP contribution in [0, 0.1) is 5.92 Å². The van der Waals surface area contributed by atoms with Gasteiger partial charge in [-0.3, -0.25) is 4.79 Å². The maximum Gasteiger partial charge on any atom is 0.455 e. The topological polar surface area (TPSA) is 98.4 Å². The van der Waals surface area contributed by atoms with Crippen molar-refractivity contribution in [2.45, 2.75) is 25.4 Å². The lowest BCUT2D eigenvalue weighted by atomic mass is 9.92. The Balaban J connectivity index is 1.60. The van der Waals surface area contributed by atoms with E-state index in [-0.39, 0.29) is 5.92 Å². The van der Waals surface area contributed by atoms with Crippen LogP contribution in [0.1, 0.15) is 39.3 Å². The predicted octanol–water partition coefficient (Wildman–Crippen LogP) is 6.02. The number of anilines is 2. The average Bonchev–Trinajstić information content (AvgIpc) is 2.87. The van der Waals surface area contributed by atoms with Crippen LogP contribution in [0.2, 0.25) is 10.0 Å². The number of aromatic nitrogens is 2. The van der Waals surface area contributed by atoms with Gasteiger partial charge in [-0.05, 0) is 67.6 Å². The summed E-state index contributed by atoms with van der Waals surface area (Å²) >= 11 is 12.4. The minimum Gasteiger partial charge on any atom is -0.465 e. The molecule has 200 valence electrons. The van der Waals surface area contributed by atoms with Gasteiger partial charge in [-0.25, -0.2) is 14.8 Å². The number of benzene rings is 1. The number of halogens is 5. The summed E-state index contributed by atoms with van der Waals surface area (Å²) in [4.78, 5) is 34.9. The van der Waals surface area contributed by atoms with E-state index in [0.717, 1.165) is 18.9 Å². The molecule has 0 amide bonds. The lowest BCUT2D eigenvalue weighted by Crippen LogP contribution is -2.38. The van der Waals surface area contributed by atoms with Crippen LogP contribution in [0.15, 0.2) is 42.5 Å². The molecule has 1 fully saturated rings. The quantitative estimate of drug-likeness (QED) is 0.287. The molecule has 7 nitrogen and oxygen atoms in total. The molecule has 3 aromatic rings. The van der Waals surface area contributed by atoms with E-state index in [9.17, 15) is 22.8 Å². The average molecular weight is 567 g/mol. The molecule has 12 heteroatoms. The molecule has 1 aliphatic rings. The molecular formula is C26H23Cl2F3N4O3. The SMILES string of the molecule is COC(=O)c1ccc(-c2ccc(Cl)cc2Cl)nc1N1CCCC(Cc2ccc(C(=O)C(F)(F)F)c(N)n2)C1. The molecule has 1 saturated heterocycles. The zero-order chi connectivity index (χ0) is 27.6. The highest BCUT2D eigenvalue weighted by Gasteiger charge is 2.40. The number of pyridine rings is 2. The number of methoxy groups -OCH3 is 1. The van der Waals surface area contributed by atoms with Crippen molar-refractivity contribution in [2.24, 2.45) is 5.92 Å². The van der Waals surface area contributed by atoms with Crippen LogP contribution < -0.4 is 10.6 Å². The van der Waals surface area contributed by atoms with Crippen molar-refractivity contribution in [3.63, 3.8) is 0 Å². The van der Waals surface area contributed by atoms with Gasteiger partial charge >= 0.3 is 12.1 Å². The molecule has 1 aromatic carbocycles. The van der Waals surface area contributed by atoms with Crippen LogP contribution in [0.3, 0.4) is 0 Å². The van der Waals surface area contributed by atoms with Gasteiger partial charge in [-0.2, -0.15) is 13.2 Å². The monoisotopic (exact) mass is 566 g/mol. The Kier molecular flexibility index (Phi) is 8.13. The molecule has 1 atom stereocenters. The minimum absolute atomic E-state index is 0.0369. The number of alkyl halides is 3. The number of nitrogens with two attached hydrogens (primary N) is 1. The molecule has 1 aliphatic heterocycles. The number of piperidine rings is 1. The molecule has 0 aliphatic carbocycles. The maximum absolute atomic E-state index is 12.8. The number of hydrogen-bond donors (Lipinski definition) is 1. The Morgan fingerprint density at radius 2 is 1.84 bits per heavy atom. The molecule has 0 radical (unpaired) electrons. The number of ketones is 1. The second kappa shape index (κ2) is 11.2. The van der Waals surface area contributed by atoms with E-state index in [0.29, 0.717) is 57.9 Å². The largest absolute Gasteiger partial charge is 0.465 e. The predicted molar refractivity (Wildman–Crippen MR) is 139 cm³/mol. The van der Waals surface area contributed by atoms with Gasteiger partial charge in [0.15, 0.2) is 0 Å². The number of carbonyl (C=O) groups excluding carboxylic acids is 2. The van der Waals surface area contributed by atoms with Gasteiger partial charge in [-0.1, -0.05) is 23.2 Å². The summed E-state index contributed by atoms with van der Waals surface area (Å²) in [5, 5.41) is 0.892. The number of nitrogens with zero attached hydrogens (tertiary/aromatic N) is 3. The number of hydrogen-bond acceptors (Lipinski definition) is 7. The molecule has 0 saturated carbocycles. The number of nitrogen functional groups attached to an aromatic ring is 1. The second-order valence-electron chi connectivity index (χ2n) is 8.90. The van der Waals surface area contributed by atoms with Crippen LogP contribution in [0.5, 0.6) is 0 Å². The molecule has 4 rings (SSSR count). The first kappa shape index (κ1) is 27.7. The van der Waals surface area contributed by atoms with Crippen molar-refractivity contribution in [2.75, 3.05) is 30.8 Å². The Morgan fingerprint density at radius 3 is 2.50 bits per heavy atom. The fraction of sp³-hybridized carbons (Fsp3) is 0.308. The smallest absolute Gasteiger partial charge is 0.455 e. The van der Waals surface area contributed by atoms with E-state index in [1.165, 1.54) is 13.2 Å². The molecule has 38 heavy (non-hydrogen) atoms. The summed E-state index contributed by atoms with van der Waals surface area (Å²) in [6.07, 6.45) is -3.02. The maximum atomic E-state index is 12.8. The number of carbonyl (C=O) groups is 2. The summed E-state index contributed by atoms with van der Waals surface area (Å²) in [7, 11) is 1.29. The highest BCUT2D eigenvalue weighted by Crippen LogP contribution is 2.34. The first-order valence-corrected chi connectivity index (χ1v) is 12.4. The van der Waals surface area contributed by atoms with Crippen LogP contribution in [0.25, 0.3) is 11.3 Å². The Hall–Kier alpha value is -3.37. The van der Waals surface area contributed by atoms with Crippen LogP contribution in [-0.2, 0) is 11.2 Å². The fourth-order valence-electron chi connectivity index (χ4n) is 4.50. The molecule has 0 spiro atoms. The van der Waals surface area contributed by atoms with Gasteiger partial charge in [0.1, 0.15) is 17.2 Å². The summed E-state index contributed by atoms with van der Waals surface area (Å²) in [6.45, 7) is 1.12. The van der Waals surface area contributed by atoms with Crippen molar-refractivity contribution < 1.29 is 27.5 Å². The van der Waals surface area contributed by atoms with E-state index in [2.05, 4.69) is 4.98 Å². The van der Waals surface area contributed by atoms with E-state index in [1.807, 2.05) is 4.90 Å². The van der Waals surface area contributed by atoms with E-state index >= 15 is 0 Å². The van der Waals surface area contributed by atoms with Crippen molar-refractivity contribution >= 4 is 46.6 Å².